The average Bonchev–Trinajstić information content (AvgIpc) is 3.18. The van der Waals surface area contributed by atoms with Crippen molar-refractivity contribution in [2.75, 3.05) is 33.9 Å². The molecule has 0 aromatic heterocycles. The number of benzene rings is 1. The van der Waals surface area contributed by atoms with Gasteiger partial charge in [0.05, 0.1) is 25.7 Å². The summed E-state index contributed by atoms with van der Waals surface area (Å²) in [6, 6.07) is 7.50. The predicted molar refractivity (Wildman–Crippen MR) is 110 cm³/mol. The third kappa shape index (κ3) is 3.49. The van der Waals surface area contributed by atoms with E-state index in [0.717, 1.165) is 25.8 Å². The highest BCUT2D eigenvalue weighted by Crippen LogP contribution is 2.45. The van der Waals surface area contributed by atoms with Crippen LogP contribution in [0.4, 0.5) is 0 Å². The van der Waals surface area contributed by atoms with Crippen LogP contribution in [0.2, 0.25) is 0 Å². The summed E-state index contributed by atoms with van der Waals surface area (Å²) in [5.74, 6) is 0.458. The van der Waals surface area contributed by atoms with Gasteiger partial charge in [-0.2, -0.15) is 0 Å². The van der Waals surface area contributed by atoms with Gasteiger partial charge in [-0.1, -0.05) is 24.6 Å². The van der Waals surface area contributed by atoms with E-state index in [-0.39, 0.29) is 49.8 Å². The number of hydrogen-bond donors (Lipinski definition) is 0. The van der Waals surface area contributed by atoms with Crippen LogP contribution in [0.25, 0.3) is 0 Å². The Labute approximate surface area is 177 Å². The molecule has 0 spiro atoms. The maximum absolute atomic E-state index is 13.6. The van der Waals surface area contributed by atoms with Crippen molar-refractivity contribution in [3.05, 3.63) is 29.8 Å². The van der Waals surface area contributed by atoms with Gasteiger partial charge in [0.1, 0.15) is 5.75 Å². The zero-order valence-corrected chi connectivity index (χ0v) is 17.8. The van der Waals surface area contributed by atoms with E-state index in [0.29, 0.717) is 17.2 Å². The molecule has 2 bridgehead atoms. The van der Waals surface area contributed by atoms with Crippen LogP contribution < -0.4 is 4.74 Å². The number of carbonyl (C=O) groups excluding carboxylic acids is 3. The Morgan fingerprint density at radius 2 is 2.00 bits per heavy atom. The van der Waals surface area contributed by atoms with E-state index in [9.17, 15) is 14.4 Å². The number of rotatable bonds is 7. The van der Waals surface area contributed by atoms with Gasteiger partial charge < -0.3 is 14.4 Å². The lowest BCUT2D eigenvalue weighted by Crippen LogP contribution is -2.45. The van der Waals surface area contributed by atoms with Crippen LogP contribution in [0.15, 0.2) is 24.3 Å². The van der Waals surface area contributed by atoms with E-state index in [4.69, 9.17) is 9.47 Å². The van der Waals surface area contributed by atoms with Gasteiger partial charge in [-0.15, -0.1) is 0 Å². The van der Waals surface area contributed by atoms with Crippen molar-refractivity contribution in [3.63, 3.8) is 0 Å². The molecule has 3 atom stereocenters. The highest BCUT2D eigenvalue weighted by molar-refractivity contribution is 6.11. The van der Waals surface area contributed by atoms with Crippen molar-refractivity contribution in [1.82, 2.24) is 9.80 Å². The number of ether oxygens (including phenoxy) is 2. The zero-order chi connectivity index (χ0) is 21.3. The fourth-order valence-corrected chi connectivity index (χ4v) is 5.50. The van der Waals surface area contributed by atoms with Crippen LogP contribution in [0, 0.1) is 5.92 Å². The monoisotopic (exact) mass is 414 g/mol. The fraction of sp³-hybridized carbons (Fsp3) is 0.609. The molecule has 1 aromatic carbocycles. The average molecular weight is 415 g/mol. The molecule has 2 aliphatic heterocycles. The minimum Gasteiger partial charge on any atom is -0.496 e. The van der Waals surface area contributed by atoms with Crippen molar-refractivity contribution in [2.24, 2.45) is 5.92 Å². The standard InChI is InChI=1S/C23H30N2O5/c1-29-11-10-24-20(26)13-23(22(24)28,18-8-3-4-9-19(18)30-2)14-21(27)25-15-16-6-5-7-17(25)12-16/h3-4,8-9,16-17H,5-7,10-15H2,1-2H3/t16-,17-,23-/m0/s1. The Balaban J connectivity index is 1.69. The molecule has 7 heteroatoms. The van der Waals surface area contributed by atoms with E-state index >= 15 is 0 Å². The fourth-order valence-electron chi connectivity index (χ4n) is 5.50. The Kier molecular flexibility index (Phi) is 5.82. The first-order valence-corrected chi connectivity index (χ1v) is 10.8. The van der Waals surface area contributed by atoms with E-state index in [1.807, 2.05) is 17.0 Å². The highest BCUT2D eigenvalue weighted by atomic mass is 16.5. The number of para-hydroxylation sites is 1. The van der Waals surface area contributed by atoms with Crippen molar-refractivity contribution in [1.29, 1.82) is 0 Å². The Bertz CT molecular complexity index is 841. The molecule has 1 saturated carbocycles. The summed E-state index contributed by atoms with van der Waals surface area (Å²) in [5.41, 5.74) is -0.619. The smallest absolute Gasteiger partial charge is 0.241 e. The maximum atomic E-state index is 13.6. The summed E-state index contributed by atoms with van der Waals surface area (Å²) in [4.78, 5) is 43.1. The summed E-state index contributed by atoms with van der Waals surface area (Å²) in [6.45, 7) is 1.22. The summed E-state index contributed by atoms with van der Waals surface area (Å²) in [5, 5.41) is 0. The third-order valence-electron chi connectivity index (χ3n) is 6.97. The Hall–Kier alpha value is -2.41. The van der Waals surface area contributed by atoms with Gasteiger partial charge in [-0.05, 0) is 31.2 Å². The van der Waals surface area contributed by atoms with Crippen LogP contribution in [-0.2, 0) is 24.5 Å². The Morgan fingerprint density at radius 1 is 1.20 bits per heavy atom. The molecule has 0 N–H and O–H groups in total. The van der Waals surface area contributed by atoms with Crippen molar-refractivity contribution < 1.29 is 23.9 Å². The van der Waals surface area contributed by atoms with Gasteiger partial charge in [0.15, 0.2) is 0 Å². The number of imide groups is 1. The molecule has 7 nitrogen and oxygen atoms in total. The lowest BCUT2D eigenvalue weighted by Gasteiger charge is -2.32. The molecule has 2 saturated heterocycles. The number of likely N-dealkylation sites (tertiary alicyclic amines) is 2. The van der Waals surface area contributed by atoms with Crippen molar-refractivity contribution in [3.8, 4) is 5.75 Å². The van der Waals surface area contributed by atoms with Gasteiger partial charge in [0.2, 0.25) is 17.7 Å². The molecule has 3 amide bonds. The van der Waals surface area contributed by atoms with Gasteiger partial charge in [-0.25, -0.2) is 0 Å². The summed E-state index contributed by atoms with van der Waals surface area (Å²) >= 11 is 0. The van der Waals surface area contributed by atoms with Crippen LogP contribution in [0.1, 0.15) is 44.1 Å². The minimum absolute atomic E-state index is 0.00928. The molecule has 30 heavy (non-hydrogen) atoms. The van der Waals surface area contributed by atoms with E-state index < -0.39 is 5.41 Å². The van der Waals surface area contributed by atoms with Crippen molar-refractivity contribution >= 4 is 17.7 Å². The molecule has 1 aromatic rings. The largest absolute Gasteiger partial charge is 0.496 e. The number of nitrogens with zero attached hydrogens (tertiary/aromatic N) is 2. The second-order valence-electron chi connectivity index (χ2n) is 8.71. The summed E-state index contributed by atoms with van der Waals surface area (Å²) in [6.07, 6.45) is 4.37. The van der Waals surface area contributed by atoms with E-state index in [1.54, 1.807) is 19.2 Å². The summed E-state index contributed by atoms with van der Waals surface area (Å²) < 4.78 is 10.6. The molecule has 0 radical (unpaired) electrons. The maximum Gasteiger partial charge on any atom is 0.241 e. The molecule has 1 aliphatic carbocycles. The molecule has 2 heterocycles. The van der Waals surface area contributed by atoms with Gasteiger partial charge in [0.25, 0.3) is 0 Å². The number of amides is 3. The number of hydrogen-bond acceptors (Lipinski definition) is 5. The van der Waals surface area contributed by atoms with E-state index in [2.05, 4.69) is 0 Å². The second-order valence-corrected chi connectivity index (χ2v) is 8.71. The molecular weight excluding hydrogens is 384 g/mol. The molecule has 3 fully saturated rings. The number of methoxy groups -OCH3 is 2. The van der Waals surface area contributed by atoms with Crippen LogP contribution in [0.5, 0.6) is 5.75 Å². The summed E-state index contributed by atoms with van der Waals surface area (Å²) in [7, 11) is 3.08. The lowest BCUT2D eigenvalue weighted by molar-refractivity contribution is -0.143. The van der Waals surface area contributed by atoms with E-state index in [1.165, 1.54) is 18.4 Å². The molecule has 3 aliphatic rings. The topological polar surface area (TPSA) is 76.2 Å². The van der Waals surface area contributed by atoms with Crippen LogP contribution >= 0.6 is 0 Å². The van der Waals surface area contributed by atoms with Crippen LogP contribution in [0.3, 0.4) is 0 Å². The zero-order valence-electron chi connectivity index (χ0n) is 17.8. The lowest BCUT2D eigenvalue weighted by atomic mass is 9.75. The normalized spacial score (nSPS) is 28.3. The van der Waals surface area contributed by atoms with Gasteiger partial charge >= 0.3 is 0 Å². The first kappa shape index (κ1) is 20.8. The molecule has 4 rings (SSSR count). The SMILES string of the molecule is COCCN1C(=O)C[C@](CC(=O)N2C[C@H]3CCC[C@H]2C3)(c2ccccc2OC)C1=O. The number of fused-ring (bicyclic) bond motifs is 2. The molecule has 162 valence electrons. The van der Waals surface area contributed by atoms with Crippen LogP contribution in [-0.4, -0.2) is 67.5 Å². The predicted octanol–water partition coefficient (Wildman–Crippen LogP) is 2.13. The first-order chi connectivity index (χ1) is 14.5. The second kappa shape index (κ2) is 8.38. The minimum atomic E-state index is -1.23. The number of carbonyl (C=O) groups is 3. The first-order valence-electron chi connectivity index (χ1n) is 10.8. The highest BCUT2D eigenvalue weighted by Gasteiger charge is 2.55. The Morgan fingerprint density at radius 3 is 2.73 bits per heavy atom. The van der Waals surface area contributed by atoms with Crippen molar-refractivity contribution in [2.45, 2.75) is 50.0 Å². The van der Waals surface area contributed by atoms with Gasteiger partial charge in [-0.3, -0.25) is 19.3 Å². The molecular formula is C23H30N2O5. The quantitative estimate of drug-likeness (QED) is 0.639. The molecule has 0 unspecified atom stereocenters. The van der Waals surface area contributed by atoms with Gasteiger partial charge in [0, 0.05) is 38.1 Å². The third-order valence-corrected chi connectivity index (χ3v) is 6.97.